The van der Waals surface area contributed by atoms with Crippen molar-refractivity contribution < 1.29 is 19.4 Å². The summed E-state index contributed by atoms with van der Waals surface area (Å²) >= 11 is 3.40. The topological polar surface area (TPSA) is 80.2 Å². The lowest BCUT2D eigenvalue weighted by Crippen LogP contribution is -2.17. The number of phenolic OH excluding ortho intramolecular Hbond substituents is 1. The number of aromatic hydroxyl groups is 1. The van der Waals surface area contributed by atoms with Gasteiger partial charge in [0.2, 0.25) is 0 Å². The van der Waals surface area contributed by atoms with Crippen molar-refractivity contribution in [2.75, 3.05) is 14.2 Å². The minimum Gasteiger partial charge on any atom is -0.507 e. The number of hydrogen-bond acceptors (Lipinski definition) is 5. The quantitative estimate of drug-likeness (QED) is 0.473. The molecule has 0 aliphatic rings. The Morgan fingerprint density at radius 1 is 1.07 bits per heavy atom. The van der Waals surface area contributed by atoms with Gasteiger partial charge in [0.25, 0.3) is 5.91 Å². The summed E-state index contributed by atoms with van der Waals surface area (Å²) in [5.41, 5.74) is 3.21. The molecule has 0 bridgehead atoms. The number of rotatable bonds is 5. The molecule has 0 heterocycles. The smallest absolute Gasteiger partial charge is 0.275 e. The number of hydrogen-bond donors (Lipinski definition) is 2. The number of ether oxygens (including phenoxy) is 2. The molecular formula is C20H17BrN2O4. The van der Waals surface area contributed by atoms with Gasteiger partial charge in [-0.15, -0.1) is 0 Å². The number of amides is 1. The molecule has 0 saturated carbocycles. The first-order chi connectivity index (χ1) is 13.0. The predicted molar refractivity (Wildman–Crippen MR) is 108 cm³/mol. The molecule has 0 aliphatic heterocycles. The van der Waals surface area contributed by atoms with Crippen LogP contribution in [0.25, 0.3) is 10.8 Å². The fraction of sp³-hybridized carbons (Fsp3) is 0.100. The van der Waals surface area contributed by atoms with Gasteiger partial charge in [0, 0.05) is 11.6 Å². The van der Waals surface area contributed by atoms with E-state index in [0.29, 0.717) is 17.1 Å². The van der Waals surface area contributed by atoms with Gasteiger partial charge in [-0.2, -0.15) is 5.10 Å². The third-order valence-electron chi connectivity index (χ3n) is 3.98. The van der Waals surface area contributed by atoms with Crippen molar-refractivity contribution in [3.05, 3.63) is 64.1 Å². The number of carbonyl (C=O) groups excluding carboxylic acids is 1. The predicted octanol–water partition coefficient (Wildman–Crippen LogP) is 4.09. The number of halogens is 1. The van der Waals surface area contributed by atoms with Crippen molar-refractivity contribution >= 4 is 38.8 Å². The molecule has 0 atom stereocenters. The highest BCUT2D eigenvalue weighted by Crippen LogP contribution is 2.32. The van der Waals surface area contributed by atoms with Crippen LogP contribution in [-0.2, 0) is 0 Å². The molecule has 2 N–H and O–H groups in total. The van der Waals surface area contributed by atoms with Gasteiger partial charge in [0.1, 0.15) is 17.2 Å². The third-order valence-corrected chi connectivity index (χ3v) is 4.60. The summed E-state index contributed by atoms with van der Waals surface area (Å²) in [6.45, 7) is 0. The Kier molecular flexibility index (Phi) is 5.61. The highest BCUT2D eigenvalue weighted by Gasteiger charge is 2.12. The Morgan fingerprint density at radius 3 is 2.41 bits per heavy atom. The highest BCUT2D eigenvalue weighted by molar-refractivity contribution is 9.10. The van der Waals surface area contributed by atoms with Gasteiger partial charge in [-0.1, -0.05) is 24.3 Å². The molecule has 0 unspecified atom stereocenters. The van der Waals surface area contributed by atoms with Crippen molar-refractivity contribution in [2.45, 2.75) is 0 Å². The van der Waals surface area contributed by atoms with Crippen molar-refractivity contribution in [3.63, 3.8) is 0 Å². The number of nitrogens with zero attached hydrogens (tertiary/aromatic N) is 1. The Hall–Kier alpha value is -3.06. The van der Waals surface area contributed by atoms with E-state index in [2.05, 4.69) is 26.5 Å². The van der Waals surface area contributed by atoms with E-state index in [1.54, 1.807) is 31.4 Å². The fourth-order valence-electron chi connectivity index (χ4n) is 2.62. The minimum atomic E-state index is -0.513. The van der Waals surface area contributed by atoms with E-state index in [9.17, 15) is 9.90 Å². The lowest BCUT2D eigenvalue weighted by Gasteiger charge is -2.09. The first-order valence-corrected chi connectivity index (χ1v) is 8.79. The maximum absolute atomic E-state index is 12.4. The Balaban J connectivity index is 1.82. The summed E-state index contributed by atoms with van der Waals surface area (Å²) in [5, 5.41) is 15.8. The first kappa shape index (κ1) is 18.7. The lowest BCUT2D eigenvalue weighted by molar-refractivity contribution is 0.0952. The average Bonchev–Trinajstić information content (AvgIpc) is 2.67. The van der Waals surface area contributed by atoms with E-state index >= 15 is 0 Å². The number of hydrazone groups is 1. The molecule has 6 nitrogen and oxygen atoms in total. The molecule has 1 amide bonds. The van der Waals surface area contributed by atoms with E-state index in [1.807, 2.05) is 24.3 Å². The fourth-order valence-corrected chi connectivity index (χ4v) is 3.14. The van der Waals surface area contributed by atoms with Crippen molar-refractivity contribution in [3.8, 4) is 17.2 Å². The molecular weight excluding hydrogens is 412 g/mol. The number of fused-ring (bicyclic) bond motifs is 1. The second-order valence-corrected chi connectivity index (χ2v) is 6.50. The summed E-state index contributed by atoms with van der Waals surface area (Å²) in [6.07, 6.45) is 1.46. The summed E-state index contributed by atoms with van der Waals surface area (Å²) < 4.78 is 11.3. The molecule has 3 rings (SSSR count). The van der Waals surface area contributed by atoms with Gasteiger partial charge in [-0.3, -0.25) is 4.79 Å². The van der Waals surface area contributed by atoms with Crippen LogP contribution < -0.4 is 14.9 Å². The molecule has 7 heteroatoms. The lowest BCUT2D eigenvalue weighted by atomic mass is 10.1. The van der Waals surface area contributed by atoms with Gasteiger partial charge in [-0.05, 0) is 44.9 Å². The van der Waals surface area contributed by atoms with E-state index in [-0.39, 0.29) is 11.3 Å². The molecule has 27 heavy (non-hydrogen) atoms. The van der Waals surface area contributed by atoms with Crippen LogP contribution in [-0.4, -0.2) is 31.4 Å². The van der Waals surface area contributed by atoms with Crippen LogP contribution >= 0.6 is 15.9 Å². The summed E-state index contributed by atoms with van der Waals surface area (Å²) in [4.78, 5) is 12.4. The third kappa shape index (κ3) is 4.03. The number of carbonyl (C=O) groups is 1. The van der Waals surface area contributed by atoms with Crippen LogP contribution in [0.1, 0.15) is 15.9 Å². The molecule has 0 saturated heterocycles. The van der Waals surface area contributed by atoms with Crippen LogP contribution in [0.2, 0.25) is 0 Å². The summed E-state index contributed by atoms with van der Waals surface area (Å²) in [6, 6.07) is 14.1. The first-order valence-electron chi connectivity index (χ1n) is 8.00. The van der Waals surface area contributed by atoms with E-state index < -0.39 is 5.91 Å². The zero-order valence-electron chi connectivity index (χ0n) is 14.7. The molecule has 0 spiro atoms. The largest absolute Gasteiger partial charge is 0.507 e. The molecule has 138 valence electrons. The summed E-state index contributed by atoms with van der Waals surface area (Å²) in [5.74, 6) is 0.544. The highest BCUT2D eigenvalue weighted by atomic mass is 79.9. The Labute approximate surface area is 164 Å². The minimum absolute atomic E-state index is 0.105. The molecule has 3 aromatic rings. The van der Waals surface area contributed by atoms with E-state index in [1.165, 1.54) is 13.3 Å². The van der Waals surface area contributed by atoms with Gasteiger partial charge in [-0.25, -0.2) is 5.43 Å². The number of methoxy groups -OCH3 is 2. The van der Waals surface area contributed by atoms with E-state index in [4.69, 9.17) is 9.47 Å². The maximum atomic E-state index is 12.4. The monoisotopic (exact) mass is 428 g/mol. The number of phenols is 1. The SMILES string of the molecule is COc1cc(OC)c(/C=N\NC(=O)c2cc3ccccc3cc2O)cc1Br. The van der Waals surface area contributed by atoms with Crippen molar-refractivity contribution in [2.24, 2.45) is 5.10 Å². The Morgan fingerprint density at radius 2 is 1.74 bits per heavy atom. The normalized spacial score (nSPS) is 10.9. The number of benzene rings is 3. The van der Waals surface area contributed by atoms with Gasteiger partial charge in [0.15, 0.2) is 0 Å². The van der Waals surface area contributed by atoms with Gasteiger partial charge >= 0.3 is 0 Å². The molecule has 0 fully saturated rings. The van der Waals surface area contributed by atoms with Crippen molar-refractivity contribution in [1.29, 1.82) is 0 Å². The van der Waals surface area contributed by atoms with Crippen LogP contribution in [0.3, 0.4) is 0 Å². The molecule has 0 aliphatic carbocycles. The number of nitrogens with one attached hydrogen (secondary N) is 1. The van der Waals surface area contributed by atoms with Gasteiger partial charge in [0.05, 0.1) is 30.5 Å². The van der Waals surface area contributed by atoms with Crippen LogP contribution in [0.5, 0.6) is 17.2 Å². The standard InChI is InChI=1S/C20H17BrN2O4/c1-26-18-10-19(27-2)16(21)8-14(18)11-22-23-20(25)15-7-12-5-3-4-6-13(12)9-17(15)24/h3-11,24H,1-2H3,(H,23,25)/b22-11-. The average molecular weight is 429 g/mol. The van der Waals surface area contributed by atoms with Gasteiger partial charge < -0.3 is 14.6 Å². The second kappa shape index (κ2) is 8.09. The molecule has 3 aromatic carbocycles. The second-order valence-electron chi connectivity index (χ2n) is 5.64. The van der Waals surface area contributed by atoms with Crippen LogP contribution in [0.4, 0.5) is 0 Å². The van der Waals surface area contributed by atoms with E-state index in [0.717, 1.165) is 15.2 Å². The zero-order valence-corrected chi connectivity index (χ0v) is 16.3. The summed E-state index contributed by atoms with van der Waals surface area (Å²) in [7, 11) is 3.09. The Bertz CT molecular complexity index is 1030. The molecule has 0 radical (unpaired) electrons. The maximum Gasteiger partial charge on any atom is 0.275 e. The van der Waals surface area contributed by atoms with Crippen LogP contribution in [0.15, 0.2) is 58.1 Å². The van der Waals surface area contributed by atoms with Crippen molar-refractivity contribution in [1.82, 2.24) is 5.43 Å². The van der Waals surface area contributed by atoms with Crippen LogP contribution in [0, 0.1) is 0 Å². The zero-order chi connectivity index (χ0) is 19.4. The molecule has 0 aromatic heterocycles.